The largest absolute Gasteiger partial charge is 0.497 e. The van der Waals surface area contributed by atoms with Crippen LogP contribution in [0.1, 0.15) is 32.2 Å². The Balaban J connectivity index is 1.67. The van der Waals surface area contributed by atoms with E-state index < -0.39 is 0 Å². The third kappa shape index (κ3) is 6.54. The first-order valence-electron chi connectivity index (χ1n) is 10.0. The molecule has 0 saturated heterocycles. The molecule has 164 valence electrons. The first kappa shape index (κ1) is 22.8. The quantitative estimate of drug-likeness (QED) is 0.460. The van der Waals surface area contributed by atoms with E-state index in [2.05, 4.69) is 24.9 Å². The van der Waals surface area contributed by atoms with Crippen LogP contribution in [-0.2, 0) is 17.9 Å². The molecule has 0 aliphatic heterocycles. The fourth-order valence-electron chi connectivity index (χ4n) is 3.24. The van der Waals surface area contributed by atoms with Gasteiger partial charge in [0.2, 0.25) is 0 Å². The van der Waals surface area contributed by atoms with E-state index in [0.717, 1.165) is 16.5 Å². The number of benzene rings is 2. The van der Waals surface area contributed by atoms with E-state index in [1.165, 1.54) is 22.5 Å². The molecule has 6 nitrogen and oxygen atoms in total. The Kier molecular flexibility index (Phi) is 8.03. The van der Waals surface area contributed by atoms with E-state index in [0.29, 0.717) is 37.6 Å². The van der Waals surface area contributed by atoms with Crippen LogP contribution in [0.3, 0.4) is 0 Å². The number of thiazole rings is 1. The Labute approximate surface area is 187 Å². The first-order chi connectivity index (χ1) is 15.0. The number of aromatic nitrogens is 1. The molecule has 7 heteroatoms. The van der Waals surface area contributed by atoms with Gasteiger partial charge in [0, 0.05) is 24.6 Å². The maximum atomic E-state index is 13.1. The molecule has 1 aromatic heterocycles. The number of nitrogens with zero attached hydrogens (tertiary/aromatic N) is 2. The molecular weight excluding hydrogens is 412 g/mol. The summed E-state index contributed by atoms with van der Waals surface area (Å²) in [5.41, 5.74) is 3.74. The molecule has 0 spiro atoms. The van der Waals surface area contributed by atoms with Gasteiger partial charge >= 0.3 is 0 Å². The van der Waals surface area contributed by atoms with Crippen LogP contribution in [0.5, 0.6) is 11.5 Å². The zero-order valence-corrected chi connectivity index (χ0v) is 19.2. The number of aryl methyl sites for hydroxylation is 2. The predicted molar refractivity (Wildman–Crippen MR) is 122 cm³/mol. The zero-order chi connectivity index (χ0) is 22.2. The van der Waals surface area contributed by atoms with Gasteiger partial charge in [-0.05, 0) is 55.3 Å². The Morgan fingerprint density at radius 1 is 1.06 bits per heavy atom. The van der Waals surface area contributed by atoms with E-state index in [-0.39, 0.29) is 5.91 Å². The first-order valence-corrected chi connectivity index (χ1v) is 10.9. The van der Waals surface area contributed by atoms with Crippen molar-refractivity contribution in [1.29, 1.82) is 0 Å². The maximum absolute atomic E-state index is 13.1. The number of carbonyl (C=O) groups is 1. The van der Waals surface area contributed by atoms with Gasteiger partial charge < -0.3 is 19.1 Å². The van der Waals surface area contributed by atoms with Crippen LogP contribution < -0.4 is 9.47 Å². The van der Waals surface area contributed by atoms with Crippen molar-refractivity contribution in [3.63, 3.8) is 0 Å². The molecule has 1 heterocycles. The van der Waals surface area contributed by atoms with E-state index >= 15 is 0 Å². The van der Waals surface area contributed by atoms with Crippen molar-refractivity contribution in [3.8, 4) is 11.5 Å². The van der Waals surface area contributed by atoms with Gasteiger partial charge in [0.15, 0.2) is 0 Å². The van der Waals surface area contributed by atoms with Crippen molar-refractivity contribution in [1.82, 2.24) is 9.88 Å². The third-order valence-corrected chi connectivity index (χ3v) is 5.55. The summed E-state index contributed by atoms with van der Waals surface area (Å²) in [6, 6.07) is 13.3. The topological polar surface area (TPSA) is 60.9 Å². The summed E-state index contributed by atoms with van der Waals surface area (Å²) < 4.78 is 16.4. The second-order valence-electron chi connectivity index (χ2n) is 7.30. The van der Waals surface area contributed by atoms with Crippen molar-refractivity contribution in [3.05, 3.63) is 75.2 Å². The van der Waals surface area contributed by atoms with Crippen LogP contribution in [0.2, 0.25) is 0 Å². The SMILES string of the molecule is COCCN(Cc1csc(COc2cc(C)cc(C)c2)n1)C(=O)c1cccc(OC)c1. The summed E-state index contributed by atoms with van der Waals surface area (Å²) in [7, 11) is 3.21. The second kappa shape index (κ2) is 10.9. The standard InChI is InChI=1S/C24H28N2O4S/c1-17-10-18(2)12-22(11-17)30-15-23-25-20(16-31-23)14-26(8-9-28-3)24(27)19-6-5-7-21(13-19)29-4/h5-7,10-13,16H,8-9,14-15H2,1-4H3. The fourth-order valence-corrected chi connectivity index (χ4v) is 3.93. The van der Waals surface area contributed by atoms with Crippen LogP contribution in [0.25, 0.3) is 0 Å². The normalized spacial score (nSPS) is 10.7. The highest BCUT2D eigenvalue weighted by Gasteiger charge is 2.18. The number of amides is 1. The highest BCUT2D eigenvalue weighted by atomic mass is 32.1. The average Bonchev–Trinajstić information content (AvgIpc) is 3.21. The van der Waals surface area contributed by atoms with Gasteiger partial charge in [-0.15, -0.1) is 11.3 Å². The molecule has 0 unspecified atom stereocenters. The van der Waals surface area contributed by atoms with Gasteiger partial charge in [0.25, 0.3) is 5.91 Å². The fraction of sp³-hybridized carbons (Fsp3) is 0.333. The molecule has 0 saturated carbocycles. The minimum absolute atomic E-state index is 0.0861. The van der Waals surface area contributed by atoms with Crippen molar-refractivity contribution in [2.75, 3.05) is 27.4 Å². The summed E-state index contributed by atoms with van der Waals surface area (Å²) in [5.74, 6) is 1.40. The minimum Gasteiger partial charge on any atom is -0.497 e. The minimum atomic E-state index is -0.0861. The second-order valence-corrected chi connectivity index (χ2v) is 8.24. The van der Waals surface area contributed by atoms with Crippen LogP contribution in [0, 0.1) is 13.8 Å². The lowest BCUT2D eigenvalue weighted by molar-refractivity contribution is 0.0678. The van der Waals surface area contributed by atoms with Crippen LogP contribution >= 0.6 is 11.3 Å². The van der Waals surface area contributed by atoms with Crippen molar-refractivity contribution >= 4 is 17.2 Å². The van der Waals surface area contributed by atoms with E-state index in [1.807, 2.05) is 29.6 Å². The van der Waals surface area contributed by atoms with E-state index in [9.17, 15) is 4.79 Å². The Morgan fingerprint density at radius 2 is 1.84 bits per heavy atom. The molecule has 0 radical (unpaired) electrons. The number of hydrogen-bond acceptors (Lipinski definition) is 6. The van der Waals surface area contributed by atoms with Crippen LogP contribution in [-0.4, -0.2) is 43.2 Å². The summed E-state index contributed by atoms with van der Waals surface area (Å²) >= 11 is 1.53. The average molecular weight is 441 g/mol. The molecule has 0 N–H and O–H groups in total. The Bertz CT molecular complexity index is 998. The summed E-state index contributed by atoms with van der Waals surface area (Å²) in [4.78, 5) is 19.5. The molecule has 3 rings (SSSR count). The monoisotopic (exact) mass is 440 g/mol. The van der Waals surface area contributed by atoms with Gasteiger partial charge in [-0.3, -0.25) is 4.79 Å². The highest BCUT2D eigenvalue weighted by molar-refractivity contribution is 7.09. The van der Waals surface area contributed by atoms with E-state index in [4.69, 9.17) is 14.2 Å². The van der Waals surface area contributed by atoms with Crippen LogP contribution in [0.15, 0.2) is 47.8 Å². The summed E-state index contributed by atoms with van der Waals surface area (Å²) in [6.07, 6.45) is 0. The van der Waals surface area contributed by atoms with Crippen molar-refractivity contribution in [2.45, 2.75) is 27.0 Å². The van der Waals surface area contributed by atoms with Gasteiger partial charge in [-0.2, -0.15) is 0 Å². The summed E-state index contributed by atoms with van der Waals surface area (Å²) in [5, 5.41) is 2.84. The number of methoxy groups -OCH3 is 2. The maximum Gasteiger partial charge on any atom is 0.254 e. The molecule has 2 aromatic carbocycles. The molecular formula is C24H28N2O4S. The number of carbonyl (C=O) groups excluding carboxylic acids is 1. The lowest BCUT2D eigenvalue weighted by Gasteiger charge is -2.21. The van der Waals surface area contributed by atoms with Gasteiger partial charge in [-0.25, -0.2) is 4.98 Å². The smallest absolute Gasteiger partial charge is 0.254 e. The number of ether oxygens (including phenoxy) is 3. The Hall–Kier alpha value is -2.90. The molecule has 0 aliphatic carbocycles. The van der Waals surface area contributed by atoms with Gasteiger partial charge in [0.05, 0.1) is 26.0 Å². The lowest BCUT2D eigenvalue weighted by atomic mass is 10.1. The van der Waals surface area contributed by atoms with Gasteiger partial charge in [0.1, 0.15) is 23.1 Å². The number of rotatable bonds is 10. The van der Waals surface area contributed by atoms with Crippen molar-refractivity contribution in [2.24, 2.45) is 0 Å². The summed E-state index contributed by atoms with van der Waals surface area (Å²) in [6.45, 7) is 5.82. The third-order valence-electron chi connectivity index (χ3n) is 4.68. The molecule has 0 bridgehead atoms. The number of hydrogen-bond donors (Lipinski definition) is 0. The van der Waals surface area contributed by atoms with Gasteiger partial charge in [-0.1, -0.05) is 12.1 Å². The molecule has 0 atom stereocenters. The zero-order valence-electron chi connectivity index (χ0n) is 18.4. The Morgan fingerprint density at radius 3 is 2.55 bits per heavy atom. The molecule has 0 aliphatic rings. The van der Waals surface area contributed by atoms with Crippen LogP contribution in [0.4, 0.5) is 0 Å². The lowest BCUT2D eigenvalue weighted by Crippen LogP contribution is -2.33. The molecule has 31 heavy (non-hydrogen) atoms. The van der Waals surface area contributed by atoms with E-state index in [1.54, 1.807) is 31.3 Å². The predicted octanol–water partition coefficient (Wildman–Crippen LogP) is 4.64. The highest BCUT2D eigenvalue weighted by Crippen LogP contribution is 2.20. The molecule has 0 fully saturated rings. The molecule has 1 amide bonds. The molecule has 3 aromatic rings. The van der Waals surface area contributed by atoms with Crippen molar-refractivity contribution < 1.29 is 19.0 Å².